The van der Waals surface area contributed by atoms with Crippen molar-refractivity contribution in [2.24, 2.45) is 0 Å². The summed E-state index contributed by atoms with van der Waals surface area (Å²) in [5.74, 6) is -1.61. The molecule has 6 nitrogen and oxygen atoms in total. The SMILES string of the molecule is CC[C@@H](NC(=O)c1ccon1)C(=O)O. The summed E-state index contributed by atoms with van der Waals surface area (Å²) in [5, 5.41) is 14.4. The van der Waals surface area contributed by atoms with Crippen LogP contribution < -0.4 is 5.32 Å². The first-order chi connectivity index (χ1) is 6.65. The molecule has 0 aliphatic carbocycles. The molecule has 1 aromatic heterocycles. The van der Waals surface area contributed by atoms with Gasteiger partial charge in [-0.3, -0.25) is 4.79 Å². The zero-order valence-corrected chi connectivity index (χ0v) is 7.56. The van der Waals surface area contributed by atoms with Crippen LogP contribution in [0, 0.1) is 0 Å². The van der Waals surface area contributed by atoms with Gasteiger partial charge in [0.1, 0.15) is 12.3 Å². The standard InChI is InChI=1S/C8H10N2O4/c1-2-5(8(12)13)9-7(11)6-3-4-14-10-6/h3-5H,2H2,1H3,(H,9,11)(H,12,13)/t5-/m1/s1. The lowest BCUT2D eigenvalue weighted by Crippen LogP contribution is -2.40. The van der Waals surface area contributed by atoms with Gasteiger partial charge in [0.2, 0.25) is 0 Å². The first-order valence-electron chi connectivity index (χ1n) is 4.09. The maximum absolute atomic E-state index is 11.3. The van der Waals surface area contributed by atoms with Gasteiger partial charge in [0, 0.05) is 6.07 Å². The van der Waals surface area contributed by atoms with E-state index in [0.29, 0.717) is 6.42 Å². The third-order valence-corrected chi connectivity index (χ3v) is 1.68. The van der Waals surface area contributed by atoms with E-state index >= 15 is 0 Å². The van der Waals surface area contributed by atoms with E-state index in [-0.39, 0.29) is 5.69 Å². The summed E-state index contributed by atoms with van der Waals surface area (Å²) in [6.07, 6.45) is 1.57. The molecule has 0 saturated carbocycles. The summed E-state index contributed by atoms with van der Waals surface area (Å²) >= 11 is 0. The Bertz CT molecular complexity index is 320. The summed E-state index contributed by atoms with van der Waals surface area (Å²) in [6, 6.07) is 0.475. The molecule has 1 aromatic rings. The van der Waals surface area contributed by atoms with Gasteiger partial charge in [-0.05, 0) is 6.42 Å². The fraction of sp³-hybridized carbons (Fsp3) is 0.375. The Morgan fingerprint density at radius 1 is 1.71 bits per heavy atom. The van der Waals surface area contributed by atoms with Gasteiger partial charge in [-0.25, -0.2) is 4.79 Å². The second kappa shape index (κ2) is 4.40. The molecule has 0 unspecified atom stereocenters. The number of carbonyl (C=O) groups is 2. The summed E-state index contributed by atoms with van der Waals surface area (Å²) in [4.78, 5) is 21.9. The van der Waals surface area contributed by atoms with Crippen molar-refractivity contribution in [3.05, 3.63) is 18.0 Å². The van der Waals surface area contributed by atoms with Gasteiger partial charge in [0.15, 0.2) is 5.69 Å². The second-order valence-electron chi connectivity index (χ2n) is 2.66. The van der Waals surface area contributed by atoms with Crippen molar-refractivity contribution in [3.8, 4) is 0 Å². The van der Waals surface area contributed by atoms with Crippen molar-refractivity contribution in [1.82, 2.24) is 10.5 Å². The maximum atomic E-state index is 11.3. The minimum Gasteiger partial charge on any atom is -0.480 e. The molecule has 0 aliphatic rings. The largest absolute Gasteiger partial charge is 0.480 e. The van der Waals surface area contributed by atoms with Crippen molar-refractivity contribution in [2.75, 3.05) is 0 Å². The van der Waals surface area contributed by atoms with E-state index in [1.165, 1.54) is 12.3 Å². The average Bonchev–Trinajstić information content (AvgIpc) is 2.65. The third-order valence-electron chi connectivity index (χ3n) is 1.68. The fourth-order valence-electron chi connectivity index (χ4n) is 0.900. The number of carboxylic acids is 1. The molecule has 1 heterocycles. The van der Waals surface area contributed by atoms with E-state index in [2.05, 4.69) is 15.0 Å². The molecule has 6 heteroatoms. The monoisotopic (exact) mass is 198 g/mol. The van der Waals surface area contributed by atoms with Crippen molar-refractivity contribution in [2.45, 2.75) is 19.4 Å². The number of aliphatic carboxylic acids is 1. The Labute approximate surface area is 79.9 Å². The van der Waals surface area contributed by atoms with Crippen LogP contribution in [0.2, 0.25) is 0 Å². The van der Waals surface area contributed by atoms with E-state index in [1.54, 1.807) is 6.92 Å². The number of amides is 1. The molecule has 0 saturated heterocycles. The molecule has 0 spiro atoms. The Kier molecular flexibility index (Phi) is 3.22. The van der Waals surface area contributed by atoms with E-state index < -0.39 is 17.9 Å². The van der Waals surface area contributed by atoms with Gasteiger partial charge >= 0.3 is 5.97 Å². The van der Waals surface area contributed by atoms with Gasteiger partial charge in [0.25, 0.3) is 5.91 Å². The first kappa shape index (κ1) is 10.2. The maximum Gasteiger partial charge on any atom is 0.326 e. The lowest BCUT2D eigenvalue weighted by molar-refractivity contribution is -0.139. The van der Waals surface area contributed by atoms with E-state index in [0.717, 1.165) is 0 Å². The van der Waals surface area contributed by atoms with Crippen molar-refractivity contribution >= 4 is 11.9 Å². The van der Waals surface area contributed by atoms with Gasteiger partial charge in [-0.2, -0.15) is 0 Å². The predicted octanol–water partition coefficient (Wildman–Crippen LogP) is 0.268. The Hall–Kier alpha value is -1.85. The molecular formula is C8H10N2O4. The van der Waals surface area contributed by atoms with Crippen LogP contribution in [-0.2, 0) is 4.79 Å². The topological polar surface area (TPSA) is 92.4 Å². The molecular weight excluding hydrogens is 188 g/mol. The number of nitrogens with zero attached hydrogens (tertiary/aromatic N) is 1. The van der Waals surface area contributed by atoms with Crippen LogP contribution in [0.5, 0.6) is 0 Å². The van der Waals surface area contributed by atoms with Crippen LogP contribution in [0.15, 0.2) is 16.9 Å². The number of carbonyl (C=O) groups excluding carboxylic acids is 1. The summed E-state index contributed by atoms with van der Waals surface area (Å²) in [6.45, 7) is 1.67. The van der Waals surface area contributed by atoms with Gasteiger partial charge < -0.3 is 14.9 Å². The van der Waals surface area contributed by atoms with Crippen molar-refractivity contribution in [1.29, 1.82) is 0 Å². The number of aromatic nitrogens is 1. The predicted molar refractivity (Wildman–Crippen MR) is 45.7 cm³/mol. The van der Waals surface area contributed by atoms with Crippen LogP contribution >= 0.6 is 0 Å². The van der Waals surface area contributed by atoms with Gasteiger partial charge in [0.05, 0.1) is 0 Å². The molecule has 1 rings (SSSR count). The lowest BCUT2D eigenvalue weighted by Gasteiger charge is -2.10. The minimum atomic E-state index is -1.07. The highest BCUT2D eigenvalue weighted by Crippen LogP contribution is 1.97. The smallest absolute Gasteiger partial charge is 0.326 e. The summed E-state index contributed by atoms with van der Waals surface area (Å²) < 4.78 is 4.45. The zero-order chi connectivity index (χ0) is 10.6. The number of rotatable bonds is 4. The molecule has 0 fully saturated rings. The van der Waals surface area contributed by atoms with E-state index in [4.69, 9.17) is 5.11 Å². The average molecular weight is 198 g/mol. The van der Waals surface area contributed by atoms with Crippen LogP contribution in [-0.4, -0.2) is 28.2 Å². The van der Waals surface area contributed by atoms with Crippen LogP contribution in [0.1, 0.15) is 23.8 Å². The van der Waals surface area contributed by atoms with Crippen LogP contribution in [0.25, 0.3) is 0 Å². The number of nitrogens with one attached hydrogen (secondary N) is 1. The number of hydrogen-bond donors (Lipinski definition) is 2. The number of carboxylic acid groups (broad SMARTS) is 1. The van der Waals surface area contributed by atoms with Crippen LogP contribution in [0.4, 0.5) is 0 Å². The molecule has 14 heavy (non-hydrogen) atoms. The second-order valence-corrected chi connectivity index (χ2v) is 2.66. The Morgan fingerprint density at radius 3 is 2.86 bits per heavy atom. The molecule has 2 N–H and O–H groups in total. The van der Waals surface area contributed by atoms with Crippen molar-refractivity contribution in [3.63, 3.8) is 0 Å². The third kappa shape index (κ3) is 2.32. The highest BCUT2D eigenvalue weighted by atomic mass is 16.5. The van der Waals surface area contributed by atoms with Gasteiger partial charge in [-0.15, -0.1) is 0 Å². The van der Waals surface area contributed by atoms with E-state index in [1.807, 2.05) is 0 Å². The molecule has 1 amide bonds. The molecule has 0 bridgehead atoms. The molecule has 1 atom stereocenters. The molecule has 0 radical (unpaired) electrons. The highest BCUT2D eigenvalue weighted by molar-refractivity contribution is 5.94. The lowest BCUT2D eigenvalue weighted by atomic mass is 10.2. The molecule has 0 aliphatic heterocycles. The minimum absolute atomic E-state index is 0.0738. The molecule has 0 aromatic carbocycles. The normalized spacial score (nSPS) is 12.1. The Morgan fingerprint density at radius 2 is 2.43 bits per heavy atom. The number of hydrogen-bond acceptors (Lipinski definition) is 4. The summed E-state index contributed by atoms with van der Waals surface area (Å²) in [7, 11) is 0. The van der Waals surface area contributed by atoms with Gasteiger partial charge in [-0.1, -0.05) is 12.1 Å². The van der Waals surface area contributed by atoms with Crippen molar-refractivity contribution < 1.29 is 19.2 Å². The zero-order valence-electron chi connectivity index (χ0n) is 7.56. The quantitative estimate of drug-likeness (QED) is 0.724. The first-order valence-corrected chi connectivity index (χ1v) is 4.09. The Balaban J connectivity index is 2.60. The molecule has 76 valence electrons. The van der Waals surface area contributed by atoms with E-state index in [9.17, 15) is 9.59 Å². The highest BCUT2D eigenvalue weighted by Gasteiger charge is 2.19. The summed E-state index contributed by atoms with van der Waals surface area (Å²) in [5.41, 5.74) is 0.0738. The van der Waals surface area contributed by atoms with Crippen LogP contribution in [0.3, 0.4) is 0 Å². The fourth-order valence-corrected chi connectivity index (χ4v) is 0.900.